The van der Waals surface area contributed by atoms with Crippen LogP contribution < -0.4 is 0 Å². The van der Waals surface area contributed by atoms with E-state index in [0.717, 1.165) is 12.8 Å². The maximum atomic E-state index is 12.4. The predicted octanol–water partition coefficient (Wildman–Crippen LogP) is 1.90. The van der Waals surface area contributed by atoms with E-state index < -0.39 is 5.97 Å². The first-order chi connectivity index (χ1) is 10.3. The molecule has 1 rings (SSSR count). The number of aromatic carboxylic acids is 1. The van der Waals surface area contributed by atoms with E-state index >= 15 is 0 Å². The SMILES string of the molecule is CC(C)CCN(CCC(C)C)C(=O)Cn1cc(C(=O)O)nn1. The molecular formula is C15H26N4O3. The molecular weight excluding hydrogens is 284 g/mol. The third-order valence-electron chi connectivity index (χ3n) is 3.36. The van der Waals surface area contributed by atoms with Gasteiger partial charge in [-0.15, -0.1) is 5.10 Å². The lowest BCUT2D eigenvalue weighted by Gasteiger charge is -2.24. The van der Waals surface area contributed by atoms with Gasteiger partial charge in [0.05, 0.1) is 6.20 Å². The van der Waals surface area contributed by atoms with Crippen LogP contribution in [-0.2, 0) is 11.3 Å². The van der Waals surface area contributed by atoms with Crippen molar-refractivity contribution < 1.29 is 14.7 Å². The molecule has 0 aliphatic heterocycles. The maximum Gasteiger partial charge on any atom is 0.358 e. The summed E-state index contributed by atoms with van der Waals surface area (Å²) in [6.07, 6.45) is 3.17. The minimum Gasteiger partial charge on any atom is -0.476 e. The van der Waals surface area contributed by atoms with Gasteiger partial charge in [-0.3, -0.25) is 4.79 Å². The number of rotatable bonds is 9. The lowest BCUT2D eigenvalue weighted by molar-refractivity contribution is -0.132. The number of carbonyl (C=O) groups is 2. The predicted molar refractivity (Wildman–Crippen MR) is 82.5 cm³/mol. The Bertz CT molecular complexity index is 485. The first kappa shape index (κ1) is 18.1. The molecule has 1 heterocycles. The molecule has 22 heavy (non-hydrogen) atoms. The number of nitrogens with zero attached hydrogens (tertiary/aromatic N) is 4. The van der Waals surface area contributed by atoms with Gasteiger partial charge in [0.2, 0.25) is 5.91 Å². The minimum atomic E-state index is -1.14. The molecule has 0 aromatic carbocycles. The first-order valence-corrected chi connectivity index (χ1v) is 7.70. The molecule has 0 bridgehead atoms. The Morgan fingerprint density at radius 3 is 2.14 bits per heavy atom. The molecule has 0 fully saturated rings. The lowest BCUT2D eigenvalue weighted by Crippen LogP contribution is -2.36. The van der Waals surface area contributed by atoms with Gasteiger partial charge in [0, 0.05) is 13.1 Å². The van der Waals surface area contributed by atoms with Gasteiger partial charge in [-0.05, 0) is 24.7 Å². The highest BCUT2D eigenvalue weighted by atomic mass is 16.4. The zero-order chi connectivity index (χ0) is 16.7. The molecule has 0 aliphatic carbocycles. The summed E-state index contributed by atoms with van der Waals surface area (Å²) < 4.78 is 1.28. The van der Waals surface area contributed by atoms with Crippen LogP contribution in [0.4, 0.5) is 0 Å². The van der Waals surface area contributed by atoms with Crippen molar-refractivity contribution >= 4 is 11.9 Å². The number of aromatic nitrogens is 3. The third-order valence-corrected chi connectivity index (χ3v) is 3.36. The van der Waals surface area contributed by atoms with Crippen LogP contribution in [-0.4, -0.2) is 50.0 Å². The van der Waals surface area contributed by atoms with Gasteiger partial charge in [-0.25, -0.2) is 9.48 Å². The fraction of sp³-hybridized carbons (Fsp3) is 0.733. The second-order valence-electron chi connectivity index (χ2n) is 6.35. The molecule has 124 valence electrons. The lowest BCUT2D eigenvalue weighted by atomic mass is 10.1. The van der Waals surface area contributed by atoms with Crippen molar-refractivity contribution in [2.75, 3.05) is 13.1 Å². The summed E-state index contributed by atoms with van der Waals surface area (Å²) in [6, 6.07) is 0. The van der Waals surface area contributed by atoms with Crippen molar-refractivity contribution in [3.63, 3.8) is 0 Å². The van der Waals surface area contributed by atoms with E-state index in [-0.39, 0.29) is 18.1 Å². The fourth-order valence-corrected chi connectivity index (χ4v) is 1.90. The molecule has 7 heteroatoms. The molecule has 0 spiro atoms. The van der Waals surface area contributed by atoms with Crippen molar-refractivity contribution in [2.45, 2.75) is 47.1 Å². The molecule has 0 saturated heterocycles. The van der Waals surface area contributed by atoms with Crippen molar-refractivity contribution in [1.82, 2.24) is 19.9 Å². The first-order valence-electron chi connectivity index (χ1n) is 7.70. The van der Waals surface area contributed by atoms with Gasteiger partial charge in [-0.2, -0.15) is 0 Å². The summed E-state index contributed by atoms with van der Waals surface area (Å²) in [5.74, 6) is -0.142. The van der Waals surface area contributed by atoms with Crippen LogP contribution >= 0.6 is 0 Å². The Morgan fingerprint density at radius 2 is 1.73 bits per heavy atom. The van der Waals surface area contributed by atoms with E-state index in [1.165, 1.54) is 10.9 Å². The highest BCUT2D eigenvalue weighted by Gasteiger charge is 2.17. The van der Waals surface area contributed by atoms with Crippen LogP contribution in [0.5, 0.6) is 0 Å². The summed E-state index contributed by atoms with van der Waals surface area (Å²) in [6.45, 7) is 9.95. The van der Waals surface area contributed by atoms with E-state index in [4.69, 9.17) is 5.11 Å². The zero-order valence-electron chi connectivity index (χ0n) is 13.8. The molecule has 0 aliphatic rings. The number of carbonyl (C=O) groups excluding carboxylic acids is 1. The Balaban J connectivity index is 2.65. The number of amides is 1. The highest BCUT2D eigenvalue weighted by molar-refractivity contribution is 5.84. The minimum absolute atomic E-state index is 0.0243. The van der Waals surface area contributed by atoms with Gasteiger partial charge in [0.25, 0.3) is 0 Å². The van der Waals surface area contributed by atoms with Gasteiger partial charge < -0.3 is 10.0 Å². The molecule has 0 atom stereocenters. The van der Waals surface area contributed by atoms with Crippen LogP contribution in [0.25, 0.3) is 0 Å². The zero-order valence-corrected chi connectivity index (χ0v) is 13.8. The molecule has 1 amide bonds. The van der Waals surface area contributed by atoms with Crippen LogP contribution in [0.1, 0.15) is 51.0 Å². The maximum absolute atomic E-state index is 12.4. The third kappa shape index (κ3) is 6.24. The summed E-state index contributed by atoms with van der Waals surface area (Å²) in [7, 11) is 0. The summed E-state index contributed by atoms with van der Waals surface area (Å²) in [5, 5.41) is 16.0. The number of carboxylic acid groups (broad SMARTS) is 1. The van der Waals surface area contributed by atoms with E-state index in [1.54, 1.807) is 0 Å². The topological polar surface area (TPSA) is 88.3 Å². The van der Waals surface area contributed by atoms with E-state index in [0.29, 0.717) is 24.9 Å². The Kier molecular flexibility index (Phi) is 7.01. The Morgan fingerprint density at radius 1 is 1.18 bits per heavy atom. The van der Waals surface area contributed by atoms with E-state index in [2.05, 4.69) is 38.0 Å². The van der Waals surface area contributed by atoms with Crippen LogP contribution in [0, 0.1) is 11.8 Å². The van der Waals surface area contributed by atoms with Crippen LogP contribution in [0.2, 0.25) is 0 Å². The average molecular weight is 310 g/mol. The van der Waals surface area contributed by atoms with E-state index in [1.807, 2.05) is 4.90 Å². The molecule has 0 radical (unpaired) electrons. The quantitative estimate of drug-likeness (QED) is 0.752. The fourth-order valence-electron chi connectivity index (χ4n) is 1.90. The van der Waals surface area contributed by atoms with E-state index in [9.17, 15) is 9.59 Å². The average Bonchev–Trinajstić information content (AvgIpc) is 2.86. The Hall–Kier alpha value is -1.92. The molecule has 1 aromatic heterocycles. The van der Waals surface area contributed by atoms with Gasteiger partial charge >= 0.3 is 5.97 Å². The van der Waals surface area contributed by atoms with Crippen molar-refractivity contribution in [2.24, 2.45) is 11.8 Å². The Labute approximate surface area is 131 Å². The monoisotopic (exact) mass is 310 g/mol. The van der Waals surface area contributed by atoms with Crippen molar-refractivity contribution in [3.05, 3.63) is 11.9 Å². The van der Waals surface area contributed by atoms with Crippen LogP contribution in [0.15, 0.2) is 6.20 Å². The largest absolute Gasteiger partial charge is 0.476 e. The number of carboxylic acids is 1. The normalized spacial score (nSPS) is 11.2. The van der Waals surface area contributed by atoms with Gasteiger partial charge in [0.1, 0.15) is 6.54 Å². The van der Waals surface area contributed by atoms with Crippen molar-refractivity contribution in [1.29, 1.82) is 0 Å². The van der Waals surface area contributed by atoms with Gasteiger partial charge in [0.15, 0.2) is 5.69 Å². The molecule has 0 saturated carbocycles. The summed E-state index contributed by atoms with van der Waals surface area (Å²) in [4.78, 5) is 25.0. The van der Waals surface area contributed by atoms with Gasteiger partial charge in [-0.1, -0.05) is 32.9 Å². The number of hydrogen-bond donors (Lipinski definition) is 1. The molecule has 1 aromatic rings. The van der Waals surface area contributed by atoms with Crippen LogP contribution in [0.3, 0.4) is 0 Å². The molecule has 0 unspecified atom stereocenters. The van der Waals surface area contributed by atoms with Crippen molar-refractivity contribution in [3.8, 4) is 0 Å². The highest BCUT2D eigenvalue weighted by Crippen LogP contribution is 2.08. The second-order valence-corrected chi connectivity index (χ2v) is 6.35. The summed E-state index contributed by atoms with van der Waals surface area (Å²) >= 11 is 0. The standard InChI is InChI=1S/C15H26N4O3/c1-11(2)5-7-18(8-6-12(3)4)14(20)10-19-9-13(15(21)22)16-17-19/h9,11-12H,5-8,10H2,1-4H3,(H,21,22). The smallest absolute Gasteiger partial charge is 0.358 e. The second kappa shape index (κ2) is 8.51. The molecule has 1 N–H and O–H groups in total. The molecule has 7 nitrogen and oxygen atoms in total. The number of hydrogen-bond acceptors (Lipinski definition) is 4. The summed E-state index contributed by atoms with van der Waals surface area (Å²) in [5.41, 5.74) is -0.149.